The second-order valence-electron chi connectivity index (χ2n) is 4.75. The highest BCUT2D eigenvalue weighted by Gasteiger charge is 2.33. The zero-order valence-corrected chi connectivity index (χ0v) is 8.55. The average Bonchev–Trinajstić information content (AvgIpc) is 2.78. The predicted octanol–water partition coefficient (Wildman–Crippen LogP) is 1.56. The Bertz CT molecular complexity index is 240. The molecule has 1 fully saturated rings. The van der Waals surface area contributed by atoms with Crippen molar-refractivity contribution in [3.63, 3.8) is 0 Å². The standard InChI is InChI=1S/C11H17NO/c1-5-9(11(2,3)4)12-10(13)8-6-7-8/h1,8-9H,6-7H2,2-4H3,(H,12,13). The number of terminal acetylenes is 1. The van der Waals surface area contributed by atoms with Crippen LogP contribution in [0.1, 0.15) is 33.6 Å². The second-order valence-corrected chi connectivity index (χ2v) is 4.75. The van der Waals surface area contributed by atoms with Gasteiger partial charge in [0.1, 0.15) is 0 Å². The number of hydrogen-bond donors (Lipinski definition) is 1. The molecule has 1 atom stereocenters. The van der Waals surface area contributed by atoms with Crippen LogP contribution in [0.25, 0.3) is 0 Å². The third-order valence-corrected chi connectivity index (χ3v) is 2.27. The van der Waals surface area contributed by atoms with Gasteiger partial charge in [0.2, 0.25) is 5.91 Å². The van der Waals surface area contributed by atoms with Crippen molar-refractivity contribution in [1.82, 2.24) is 5.32 Å². The lowest BCUT2D eigenvalue weighted by atomic mass is 9.87. The van der Waals surface area contributed by atoms with Crippen LogP contribution in [-0.2, 0) is 4.79 Å². The van der Waals surface area contributed by atoms with Gasteiger partial charge in [-0.05, 0) is 18.3 Å². The topological polar surface area (TPSA) is 29.1 Å². The molecule has 1 saturated carbocycles. The van der Waals surface area contributed by atoms with E-state index in [1.165, 1.54) is 0 Å². The van der Waals surface area contributed by atoms with Crippen LogP contribution in [0.15, 0.2) is 0 Å². The van der Waals surface area contributed by atoms with Crippen molar-refractivity contribution >= 4 is 5.91 Å². The van der Waals surface area contributed by atoms with Gasteiger partial charge in [-0.3, -0.25) is 4.79 Å². The molecule has 1 N–H and O–H groups in total. The highest BCUT2D eigenvalue weighted by atomic mass is 16.2. The van der Waals surface area contributed by atoms with Crippen molar-refractivity contribution in [3.8, 4) is 12.3 Å². The molecule has 0 aromatic rings. The lowest BCUT2D eigenvalue weighted by Gasteiger charge is -2.27. The Hall–Kier alpha value is -0.970. The minimum Gasteiger partial charge on any atom is -0.342 e. The number of carbonyl (C=O) groups excluding carboxylic acids is 1. The summed E-state index contributed by atoms with van der Waals surface area (Å²) in [5.74, 6) is 2.98. The molecule has 1 unspecified atom stereocenters. The van der Waals surface area contributed by atoms with Gasteiger partial charge in [0, 0.05) is 5.92 Å². The van der Waals surface area contributed by atoms with Crippen molar-refractivity contribution in [3.05, 3.63) is 0 Å². The largest absolute Gasteiger partial charge is 0.342 e. The van der Waals surface area contributed by atoms with Gasteiger partial charge in [-0.25, -0.2) is 0 Å². The number of amides is 1. The third kappa shape index (κ3) is 2.77. The van der Waals surface area contributed by atoms with E-state index >= 15 is 0 Å². The summed E-state index contributed by atoms with van der Waals surface area (Å²) in [6, 6.07) is -0.152. The monoisotopic (exact) mass is 179 g/mol. The van der Waals surface area contributed by atoms with Crippen LogP contribution in [0.2, 0.25) is 0 Å². The molecule has 0 radical (unpaired) electrons. The van der Waals surface area contributed by atoms with Crippen LogP contribution >= 0.6 is 0 Å². The van der Waals surface area contributed by atoms with Crippen LogP contribution in [-0.4, -0.2) is 11.9 Å². The Kier molecular flexibility index (Phi) is 2.66. The van der Waals surface area contributed by atoms with E-state index in [9.17, 15) is 4.79 Å². The van der Waals surface area contributed by atoms with Gasteiger partial charge in [0.15, 0.2) is 0 Å². The third-order valence-electron chi connectivity index (χ3n) is 2.27. The van der Waals surface area contributed by atoms with Crippen LogP contribution in [0.3, 0.4) is 0 Å². The van der Waals surface area contributed by atoms with E-state index in [0.717, 1.165) is 12.8 Å². The van der Waals surface area contributed by atoms with E-state index < -0.39 is 0 Å². The molecule has 1 rings (SSSR count). The Labute approximate surface area is 80.1 Å². The lowest BCUT2D eigenvalue weighted by molar-refractivity contribution is -0.123. The van der Waals surface area contributed by atoms with Crippen molar-refractivity contribution in [2.75, 3.05) is 0 Å². The van der Waals surface area contributed by atoms with Crippen molar-refractivity contribution in [2.24, 2.45) is 11.3 Å². The second kappa shape index (κ2) is 3.41. The molecule has 1 aliphatic carbocycles. The van der Waals surface area contributed by atoms with Gasteiger partial charge in [0.25, 0.3) is 0 Å². The summed E-state index contributed by atoms with van der Waals surface area (Å²) in [6.07, 6.45) is 7.41. The first-order valence-corrected chi connectivity index (χ1v) is 4.71. The summed E-state index contributed by atoms with van der Waals surface area (Å²) < 4.78 is 0. The minimum atomic E-state index is -0.152. The van der Waals surface area contributed by atoms with Crippen molar-refractivity contribution < 1.29 is 4.79 Å². The SMILES string of the molecule is C#CC(NC(=O)C1CC1)C(C)(C)C. The van der Waals surface area contributed by atoms with Gasteiger partial charge >= 0.3 is 0 Å². The summed E-state index contributed by atoms with van der Waals surface area (Å²) in [4.78, 5) is 11.4. The fourth-order valence-corrected chi connectivity index (χ4v) is 1.11. The number of rotatable bonds is 2. The molecule has 0 saturated heterocycles. The number of nitrogens with one attached hydrogen (secondary N) is 1. The quantitative estimate of drug-likeness (QED) is 0.640. The molecule has 1 aliphatic rings. The first-order chi connectivity index (χ1) is 5.95. The normalized spacial score (nSPS) is 18.9. The van der Waals surface area contributed by atoms with E-state index in [1.807, 2.05) is 20.8 Å². The minimum absolute atomic E-state index is 0.0562. The first-order valence-electron chi connectivity index (χ1n) is 4.71. The molecule has 1 amide bonds. The van der Waals surface area contributed by atoms with Crippen molar-refractivity contribution in [2.45, 2.75) is 39.7 Å². The van der Waals surface area contributed by atoms with Gasteiger partial charge in [-0.2, -0.15) is 0 Å². The van der Waals surface area contributed by atoms with Gasteiger partial charge in [-0.1, -0.05) is 26.7 Å². The molecule has 2 heteroatoms. The molecule has 0 aromatic heterocycles. The molecule has 0 aliphatic heterocycles. The average molecular weight is 179 g/mol. The maximum absolute atomic E-state index is 11.4. The fourth-order valence-electron chi connectivity index (χ4n) is 1.11. The Morgan fingerprint density at radius 1 is 1.54 bits per heavy atom. The highest BCUT2D eigenvalue weighted by Crippen LogP contribution is 2.29. The molecule has 2 nitrogen and oxygen atoms in total. The van der Waals surface area contributed by atoms with Crippen LogP contribution in [0.4, 0.5) is 0 Å². The van der Waals surface area contributed by atoms with Crippen LogP contribution in [0, 0.1) is 23.7 Å². The zero-order chi connectivity index (χ0) is 10.1. The Balaban J connectivity index is 2.49. The van der Waals surface area contributed by atoms with E-state index in [2.05, 4.69) is 11.2 Å². The van der Waals surface area contributed by atoms with Crippen LogP contribution < -0.4 is 5.32 Å². The Morgan fingerprint density at radius 3 is 2.38 bits per heavy atom. The van der Waals surface area contributed by atoms with Crippen LogP contribution in [0.5, 0.6) is 0 Å². The summed E-state index contributed by atoms with van der Waals surface area (Å²) in [5, 5.41) is 2.89. The first kappa shape index (κ1) is 10.1. The predicted molar refractivity (Wildman–Crippen MR) is 52.9 cm³/mol. The molecule has 0 aromatic carbocycles. The summed E-state index contributed by atoms with van der Waals surface area (Å²) in [7, 11) is 0. The molecular weight excluding hydrogens is 162 g/mol. The molecule has 0 bridgehead atoms. The van der Waals surface area contributed by atoms with E-state index in [1.54, 1.807) is 0 Å². The summed E-state index contributed by atoms with van der Waals surface area (Å²) in [6.45, 7) is 6.10. The Morgan fingerprint density at radius 2 is 2.08 bits per heavy atom. The molecule has 13 heavy (non-hydrogen) atoms. The van der Waals surface area contributed by atoms with E-state index in [4.69, 9.17) is 6.42 Å². The van der Waals surface area contributed by atoms with Crippen molar-refractivity contribution in [1.29, 1.82) is 0 Å². The smallest absolute Gasteiger partial charge is 0.224 e. The molecule has 0 heterocycles. The number of hydrogen-bond acceptors (Lipinski definition) is 1. The molecule has 72 valence electrons. The van der Waals surface area contributed by atoms with E-state index in [-0.39, 0.29) is 23.3 Å². The van der Waals surface area contributed by atoms with Gasteiger partial charge in [0.05, 0.1) is 6.04 Å². The van der Waals surface area contributed by atoms with E-state index in [0.29, 0.717) is 0 Å². The highest BCUT2D eigenvalue weighted by molar-refractivity contribution is 5.81. The summed E-state index contributed by atoms with van der Waals surface area (Å²) in [5.41, 5.74) is -0.0562. The summed E-state index contributed by atoms with van der Waals surface area (Å²) >= 11 is 0. The van der Waals surface area contributed by atoms with Gasteiger partial charge in [-0.15, -0.1) is 6.42 Å². The lowest BCUT2D eigenvalue weighted by Crippen LogP contribution is -2.43. The molecular formula is C11H17NO. The zero-order valence-electron chi connectivity index (χ0n) is 8.55. The maximum atomic E-state index is 11.4. The van der Waals surface area contributed by atoms with Gasteiger partial charge < -0.3 is 5.32 Å². The number of carbonyl (C=O) groups is 1. The molecule has 0 spiro atoms. The maximum Gasteiger partial charge on any atom is 0.224 e. The fraction of sp³-hybridized carbons (Fsp3) is 0.727.